The van der Waals surface area contributed by atoms with Gasteiger partial charge in [-0.1, -0.05) is 6.92 Å². The number of aromatic nitrogens is 3. The highest BCUT2D eigenvalue weighted by Crippen LogP contribution is 2.42. The van der Waals surface area contributed by atoms with Crippen molar-refractivity contribution < 1.29 is 19.7 Å². The first-order valence-corrected chi connectivity index (χ1v) is 10.7. The van der Waals surface area contributed by atoms with Crippen LogP contribution in [0.15, 0.2) is 30.6 Å². The van der Waals surface area contributed by atoms with Crippen molar-refractivity contribution in [2.75, 3.05) is 5.32 Å². The molecule has 3 aromatic heterocycles. The highest BCUT2D eigenvalue weighted by atomic mass is 17.1. The van der Waals surface area contributed by atoms with E-state index in [1.54, 1.807) is 24.5 Å². The average Bonchev–Trinajstić information content (AvgIpc) is 3.61. The number of rotatable bonds is 5. The van der Waals surface area contributed by atoms with Crippen molar-refractivity contribution in [3.05, 3.63) is 47.4 Å². The zero-order chi connectivity index (χ0) is 22.6. The van der Waals surface area contributed by atoms with E-state index >= 15 is 0 Å². The van der Waals surface area contributed by atoms with Gasteiger partial charge in [-0.25, -0.2) is 25.0 Å². The maximum atomic E-state index is 12.3. The number of carbonyl (C=O) groups excluding carboxylic acids is 1. The van der Waals surface area contributed by atoms with Crippen LogP contribution in [0.4, 0.5) is 11.6 Å². The molecule has 0 saturated heterocycles. The molecule has 9 nitrogen and oxygen atoms in total. The van der Waals surface area contributed by atoms with Crippen LogP contribution in [-0.2, 0) is 4.74 Å². The van der Waals surface area contributed by atoms with E-state index in [0.29, 0.717) is 34.2 Å². The van der Waals surface area contributed by atoms with Crippen molar-refractivity contribution in [1.82, 2.24) is 15.0 Å². The van der Waals surface area contributed by atoms with Crippen LogP contribution in [-0.4, -0.2) is 31.8 Å². The molecule has 2 aliphatic rings. The third kappa shape index (κ3) is 3.43. The van der Waals surface area contributed by atoms with Crippen molar-refractivity contribution in [3.63, 3.8) is 0 Å². The normalized spacial score (nSPS) is 20.4. The van der Waals surface area contributed by atoms with Gasteiger partial charge in [-0.05, 0) is 61.8 Å². The summed E-state index contributed by atoms with van der Waals surface area (Å²) in [7, 11) is 0. The Morgan fingerprint density at radius 3 is 2.72 bits per heavy atom. The maximum absolute atomic E-state index is 12.3. The Hall–Kier alpha value is -3.30. The van der Waals surface area contributed by atoms with Gasteiger partial charge in [-0.3, -0.25) is 0 Å². The number of nitrogens with one attached hydrogen (secondary N) is 1. The van der Waals surface area contributed by atoms with E-state index in [2.05, 4.69) is 20.2 Å². The Labute approximate surface area is 184 Å². The smallest absolute Gasteiger partial charge is 0.340 e. The summed E-state index contributed by atoms with van der Waals surface area (Å²) in [5.41, 5.74) is 7.85. The molecule has 3 aromatic rings. The summed E-state index contributed by atoms with van der Waals surface area (Å²) < 4.78 is 5.54. The average molecular weight is 435 g/mol. The van der Waals surface area contributed by atoms with Gasteiger partial charge in [-0.2, -0.15) is 0 Å². The first-order chi connectivity index (χ1) is 15.3. The summed E-state index contributed by atoms with van der Waals surface area (Å²) in [4.78, 5) is 30.1. The van der Waals surface area contributed by atoms with Crippen LogP contribution >= 0.6 is 0 Å². The van der Waals surface area contributed by atoms with Crippen molar-refractivity contribution in [2.45, 2.75) is 51.2 Å². The number of anilines is 2. The molecule has 5 rings (SSSR count). The minimum atomic E-state index is -0.640. The monoisotopic (exact) mass is 435 g/mol. The molecule has 0 amide bonds. The van der Waals surface area contributed by atoms with E-state index in [0.717, 1.165) is 23.8 Å². The molecular weight excluding hydrogens is 410 g/mol. The molecule has 9 heteroatoms. The number of nitrogens with zero attached hydrogens (tertiary/aromatic N) is 3. The Morgan fingerprint density at radius 1 is 1.22 bits per heavy atom. The number of hydrogen-bond acceptors (Lipinski definition) is 9. The Kier molecular flexibility index (Phi) is 4.75. The van der Waals surface area contributed by atoms with Gasteiger partial charge >= 0.3 is 5.97 Å². The highest BCUT2D eigenvalue weighted by molar-refractivity contribution is 5.93. The van der Waals surface area contributed by atoms with Gasteiger partial charge in [-0.15, -0.1) is 0 Å². The number of esters is 1. The summed E-state index contributed by atoms with van der Waals surface area (Å²) in [5.74, 6) is 1.18. The van der Waals surface area contributed by atoms with Gasteiger partial charge in [0.05, 0.1) is 16.6 Å². The van der Waals surface area contributed by atoms with E-state index in [9.17, 15) is 10.1 Å². The predicted octanol–water partition coefficient (Wildman–Crippen LogP) is 4.08. The molecule has 0 spiro atoms. The lowest BCUT2D eigenvalue weighted by molar-refractivity contribution is -0.140. The summed E-state index contributed by atoms with van der Waals surface area (Å²) >= 11 is 0. The van der Waals surface area contributed by atoms with E-state index in [1.165, 1.54) is 0 Å². The minimum absolute atomic E-state index is 0.0695. The summed E-state index contributed by atoms with van der Waals surface area (Å²) in [6, 6.07) is 5.14. The highest BCUT2D eigenvalue weighted by Gasteiger charge is 2.40. The fourth-order valence-corrected chi connectivity index (χ4v) is 4.14. The number of hydrogen-bond donors (Lipinski definition) is 3. The largest absolute Gasteiger partial charge is 0.455 e. The van der Waals surface area contributed by atoms with Crippen LogP contribution in [0.2, 0.25) is 0 Å². The second-order valence-electron chi connectivity index (χ2n) is 9.06. The van der Waals surface area contributed by atoms with E-state index < -0.39 is 5.60 Å². The van der Waals surface area contributed by atoms with Crippen LogP contribution in [0, 0.1) is 5.92 Å². The fraction of sp³-hybridized carbons (Fsp3) is 0.391. The molecule has 32 heavy (non-hydrogen) atoms. The number of fused-ring (bicyclic) bond motifs is 2. The molecule has 2 atom stereocenters. The summed E-state index contributed by atoms with van der Waals surface area (Å²) in [5, 5.41) is 13.8. The fourth-order valence-electron chi connectivity index (χ4n) is 4.14. The Balaban J connectivity index is 1.53. The first-order valence-electron chi connectivity index (χ1n) is 10.7. The summed E-state index contributed by atoms with van der Waals surface area (Å²) in [6.07, 6.45) is 5.41. The zero-order valence-electron chi connectivity index (χ0n) is 18.1. The quantitative estimate of drug-likeness (QED) is 0.308. The van der Waals surface area contributed by atoms with Gasteiger partial charge in [0, 0.05) is 24.4 Å². The maximum Gasteiger partial charge on any atom is 0.340 e. The van der Waals surface area contributed by atoms with E-state index in [-0.39, 0.29) is 23.8 Å². The standard InChI is InChI=1S/C23H25N5O4/c1-11-20-13(22(29)31-23(11,2)3)6-7-17(28-20)27-18-8-14-15(19(24)12-4-5-12)9-26-21(32-30)16(14)10-25-18/h6-12,19,30H,4-5,24H2,1-3H3,(H,25,27,28)/t11-,19+/m1/s1. The molecule has 0 bridgehead atoms. The minimum Gasteiger partial charge on any atom is -0.455 e. The lowest BCUT2D eigenvalue weighted by Gasteiger charge is -2.36. The van der Waals surface area contributed by atoms with Crippen LogP contribution in [0.3, 0.4) is 0 Å². The predicted molar refractivity (Wildman–Crippen MR) is 118 cm³/mol. The number of pyridine rings is 3. The van der Waals surface area contributed by atoms with E-state index in [4.69, 9.17) is 15.5 Å². The lowest BCUT2D eigenvalue weighted by atomic mass is 9.84. The van der Waals surface area contributed by atoms with Gasteiger partial charge in [0.25, 0.3) is 5.88 Å². The topological polar surface area (TPSA) is 132 Å². The van der Waals surface area contributed by atoms with Crippen molar-refractivity contribution in [2.24, 2.45) is 11.7 Å². The van der Waals surface area contributed by atoms with Crippen LogP contribution in [0.25, 0.3) is 10.8 Å². The number of ether oxygens (including phenoxy) is 1. The second kappa shape index (κ2) is 7.39. The van der Waals surface area contributed by atoms with Gasteiger partial charge in [0.15, 0.2) is 0 Å². The first kappa shape index (κ1) is 20.6. The second-order valence-corrected chi connectivity index (χ2v) is 9.06. The van der Waals surface area contributed by atoms with Gasteiger partial charge in [0.2, 0.25) is 0 Å². The molecule has 1 aliphatic heterocycles. The molecule has 0 unspecified atom stereocenters. The number of cyclic esters (lactones) is 1. The van der Waals surface area contributed by atoms with Crippen LogP contribution < -0.4 is 15.9 Å². The molecule has 4 N–H and O–H groups in total. The summed E-state index contributed by atoms with van der Waals surface area (Å²) in [6.45, 7) is 5.75. The van der Waals surface area contributed by atoms with Crippen LogP contribution in [0.1, 0.15) is 67.2 Å². The third-order valence-corrected chi connectivity index (χ3v) is 6.55. The molecule has 0 aromatic carbocycles. The van der Waals surface area contributed by atoms with Gasteiger partial charge < -0.3 is 20.7 Å². The SMILES string of the molecule is C[C@@H]1c2nc(Nc3cc4c([C@@H](N)C5CC5)cnc(OO)c4cn3)ccc2C(=O)OC1(C)C. The van der Waals surface area contributed by atoms with Gasteiger partial charge in [0.1, 0.15) is 17.2 Å². The third-order valence-electron chi connectivity index (χ3n) is 6.55. The van der Waals surface area contributed by atoms with Crippen molar-refractivity contribution >= 4 is 28.4 Å². The van der Waals surface area contributed by atoms with Crippen LogP contribution in [0.5, 0.6) is 5.88 Å². The molecular formula is C23H25N5O4. The number of nitrogens with two attached hydrogens (primary N) is 1. The zero-order valence-corrected chi connectivity index (χ0v) is 18.1. The van der Waals surface area contributed by atoms with Crippen molar-refractivity contribution in [1.29, 1.82) is 0 Å². The Morgan fingerprint density at radius 2 is 2.00 bits per heavy atom. The molecule has 1 aliphatic carbocycles. The molecule has 4 heterocycles. The molecule has 1 saturated carbocycles. The molecule has 0 radical (unpaired) electrons. The lowest BCUT2D eigenvalue weighted by Crippen LogP contribution is -2.39. The number of carbonyl (C=O) groups is 1. The Bertz CT molecular complexity index is 1220. The molecule has 166 valence electrons. The van der Waals surface area contributed by atoms with E-state index in [1.807, 2.05) is 26.8 Å². The van der Waals surface area contributed by atoms with Crippen molar-refractivity contribution in [3.8, 4) is 5.88 Å². The molecule has 1 fully saturated rings.